The van der Waals surface area contributed by atoms with Gasteiger partial charge in [-0.1, -0.05) is 12.1 Å². The summed E-state index contributed by atoms with van der Waals surface area (Å²) in [5.41, 5.74) is 13.8. The summed E-state index contributed by atoms with van der Waals surface area (Å²) in [4.78, 5) is 30.0. The fourth-order valence-electron chi connectivity index (χ4n) is 2.86. The quantitative estimate of drug-likeness (QED) is 0.663. The maximum Gasteiger partial charge on any atom is 0.260 e. The van der Waals surface area contributed by atoms with Gasteiger partial charge >= 0.3 is 0 Å². The maximum atomic E-state index is 11.8. The van der Waals surface area contributed by atoms with Crippen molar-refractivity contribution in [2.24, 2.45) is 5.73 Å². The summed E-state index contributed by atoms with van der Waals surface area (Å²) < 4.78 is 6.07. The van der Waals surface area contributed by atoms with E-state index >= 15 is 0 Å². The number of hydrogen-bond donors (Lipinski definition) is 2. The standard InChI is InChI=1S/C20H22N4O3S/c1-11-10-12(5-7-15(25)24(2)3)4-6-13(11)27-14-8-9-23-20-16(14)17(21)18(28-20)19(22)26/h4,6,8-10H,5,7,21H2,1-3H3,(H2,22,26). The molecule has 0 aliphatic heterocycles. The predicted molar refractivity (Wildman–Crippen MR) is 111 cm³/mol. The van der Waals surface area contributed by atoms with Crippen LogP contribution in [0.1, 0.15) is 27.2 Å². The first-order chi connectivity index (χ1) is 13.3. The van der Waals surface area contributed by atoms with Crippen molar-refractivity contribution in [3.05, 3.63) is 46.5 Å². The smallest absolute Gasteiger partial charge is 0.260 e. The molecule has 0 bridgehead atoms. The van der Waals surface area contributed by atoms with E-state index in [1.165, 1.54) is 0 Å². The normalized spacial score (nSPS) is 10.8. The highest BCUT2D eigenvalue weighted by molar-refractivity contribution is 7.21. The van der Waals surface area contributed by atoms with E-state index < -0.39 is 5.91 Å². The molecule has 0 aliphatic carbocycles. The molecule has 0 radical (unpaired) electrons. The van der Waals surface area contributed by atoms with Crippen molar-refractivity contribution in [3.63, 3.8) is 0 Å². The van der Waals surface area contributed by atoms with Crippen LogP contribution in [0.4, 0.5) is 5.69 Å². The van der Waals surface area contributed by atoms with E-state index in [2.05, 4.69) is 4.98 Å². The second kappa shape index (κ2) is 7.85. The lowest BCUT2D eigenvalue weighted by Gasteiger charge is -2.13. The van der Waals surface area contributed by atoms with Crippen molar-refractivity contribution in [2.45, 2.75) is 19.8 Å². The second-order valence-corrected chi connectivity index (χ2v) is 7.69. The van der Waals surface area contributed by atoms with Crippen LogP contribution in [0.2, 0.25) is 0 Å². The van der Waals surface area contributed by atoms with Gasteiger partial charge in [-0.3, -0.25) is 9.59 Å². The van der Waals surface area contributed by atoms with Crippen LogP contribution in [0, 0.1) is 6.92 Å². The van der Waals surface area contributed by atoms with Crippen molar-refractivity contribution in [3.8, 4) is 11.5 Å². The minimum Gasteiger partial charge on any atom is -0.456 e. The van der Waals surface area contributed by atoms with Crippen molar-refractivity contribution in [2.75, 3.05) is 19.8 Å². The van der Waals surface area contributed by atoms with E-state index in [0.717, 1.165) is 22.5 Å². The minimum absolute atomic E-state index is 0.0929. The number of nitrogens with two attached hydrogens (primary N) is 2. The zero-order valence-corrected chi connectivity index (χ0v) is 16.8. The Labute approximate surface area is 166 Å². The maximum absolute atomic E-state index is 11.8. The summed E-state index contributed by atoms with van der Waals surface area (Å²) in [7, 11) is 3.50. The van der Waals surface area contributed by atoms with Gasteiger partial charge in [-0.05, 0) is 36.6 Å². The molecule has 0 atom stereocenters. The van der Waals surface area contributed by atoms with E-state index in [1.54, 1.807) is 31.3 Å². The molecule has 2 aromatic heterocycles. The Bertz CT molecular complexity index is 1060. The SMILES string of the molecule is Cc1cc(CCC(=O)N(C)C)ccc1Oc1ccnc2sc(C(N)=O)c(N)c12. The predicted octanol–water partition coefficient (Wildman–Crippen LogP) is 3.10. The van der Waals surface area contributed by atoms with Crippen LogP contribution in [0.25, 0.3) is 10.2 Å². The summed E-state index contributed by atoms with van der Waals surface area (Å²) in [6.07, 6.45) is 2.73. The van der Waals surface area contributed by atoms with Crippen LogP contribution < -0.4 is 16.2 Å². The highest BCUT2D eigenvalue weighted by Crippen LogP contribution is 2.40. The summed E-state index contributed by atoms with van der Waals surface area (Å²) in [5.74, 6) is 0.695. The average molecular weight is 398 g/mol. The molecular weight excluding hydrogens is 376 g/mol. The molecule has 0 fully saturated rings. The van der Waals surface area contributed by atoms with Gasteiger partial charge in [0.25, 0.3) is 5.91 Å². The van der Waals surface area contributed by atoms with E-state index in [0.29, 0.717) is 34.6 Å². The topological polar surface area (TPSA) is 112 Å². The van der Waals surface area contributed by atoms with Crippen LogP contribution in [0.5, 0.6) is 11.5 Å². The van der Waals surface area contributed by atoms with Gasteiger partial charge in [0.1, 0.15) is 21.2 Å². The monoisotopic (exact) mass is 398 g/mol. The number of thiophene rings is 1. The highest BCUT2D eigenvalue weighted by Gasteiger charge is 2.19. The van der Waals surface area contributed by atoms with Gasteiger partial charge in [-0.25, -0.2) is 4.98 Å². The fourth-order valence-corrected chi connectivity index (χ4v) is 3.79. The molecule has 2 amide bonds. The first kappa shape index (κ1) is 19.6. The number of primary amides is 1. The molecule has 0 saturated carbocycles. The molecule has 146 valence electrons. The van der Waals surface area contributed by atoms with Gasteiger partial charge < -0.3 is 21.1 Å². The molecule has 7 nitrogen and oxygen atoms in total. The van der Waals surface area contributed by atoms with Crippen LogP contribution in [-0.2, 0) is 11.2 Å². The molecular formula is C20H22N4O3S. The van der Waals surface area contributed by atoms with Gasteiger partial charge in [-0.15, -0.1) is 11.3 Å². The van der Waals surface area contributed by atoms with Gasteiger partial charge in [0.15, 0.2) is 0 Å². The Morgan fingerprint density at radius 2 is 1.96 bits per heavy atom. The molecule has 0 unspecified atom stereocenters. The van der Waals surface area contributed by atoms with E-state index in [9.17, 15) is 9.59 Å². The average Bonchev–Trinajstić information content (AvgIpc) is 2.99. The zero-order chi connectivity index (χ0) is 20.4. The number of ether oxygens (including phenoxy) is 1. The number of carbonyl (C=O) groups is 2. The number of amides is 2. The van der Waals surface area contributed by atoms with Gasteiger partial charge in [0.2, 0.25) is 5.91 Å². The molecule has 4 N–H and O–H groups in total. The fraction of sp³-hybridized carbons (Fsp3) is 0.250. The number of hydrogen-bond acceptors (Lipinski definition) is 6. The van der Waals surface area contributed by atoms with Crippen LogP contribution in [0.15, 0.2) is 30.5 Å². The first-order valence-corrected chi connectivity index (χ1v) is 9.54. The van der Waals surface area contributed by atoms with Crippen molar-refractivity contribution in [1.29, 1.82) is 0 Å². The second-order valence-electron chi connectivity index (χ2n) is 6.69. The van der Waals surface area contributed by atoms with Crippen LogP contribution >= 0.6 is 11.3 Å². The number of pyridine rings is 1. The Balaban J connectivity index is 1.86. The van der Waals surface area contributed by atoms with Crippen LogP contribution in [-0.4, -0.2) is 35.8 Å². The Morgan fingerprint density at radius 1 is 1.21 bits per heavy atom. The van der Waals surface area contributed by atoms with Gasteiger partial charge in [-0.2, -0.15) is 0 Å². The summed E-state index contributed by atoms with van der Waals surface area (Å²) in [6, 6.07) is 7.52. The highest BCUT2D eigenvalue weighted by atomic mass is 32.1. The first-order valence-electron chi connectivity index (χ1n) is 8.72. The number of nitrogen functional groups attached to an aromatic ring is 1. The number of anilines is 1. The van der Waals surface area contributed by atoms with E-state index in [-0.39, 0.29) is 16.5 Å². The zero-order valence-electron chi connectivity index (χ0n) is 16.0. The Kier molecular flexibility index (Phi) is 5.51. The Morgan fingerprint density at radius 3 is 2.61 bits per heavy atom. The molecule has 0 aliphatic rings. The van der Waals surface area contributed by atoms with E-state index in [4.69, 9.17) is 16.2 Å². The molecule has 2 heterocycles. The molecule has 1 aromatic carbocycles. The summed E-state index contributed by atoms with van der Waals surface area (Å²) >= 11 is 1.15. The third kappa shape index (κ3) is 3.91. The summed E-state index contributed by atoms with van der Waals surface area (Å²) in [5, 5.41) is 0.585. The number of fused-ring (bicyclic) bond motifs is 1. The van der Waals surface area contributed by atoms with Crippen molar-refractivity contribution >= 4 is 39.1 Å². The number of nitrogens with zero attached hydrogens (tertiary/aromatic N) is 2. The molecule has 0 saturated heterocycles. The van der Waals surface area contributed by atoms with E-state index in [1.807, 2.05) is 25.1 Å². The van der Waals surface area contributed by atoms with Gasteiger partial charge in [0, 0.05) is 26.7 Å². The number of benzene rings is 1. The number of aryl methyl sites for hydroxylation is 2. The van der Waals surface area contributed by atoms with Gasteiger partial charge in [0.05, 0.1) is 11.1 Å². The third-order valence-corrected chi connectivity index (χ3v) is 5.53. The summed E-state index contributed by atoms with van der Waals surface area (Å²) in [6.45, 7) is 1.94. The largest absolute Gasteiger partial charge is 0.456 e. The van der Waals surface area contributed by atoms with Crippen LogP contribution in [0.3, 0.4) is 0 Å². The molecule has 8 heteroatoms. The molecule has 28 heavy (non-hydrogen) atoms. The lowest BCUT2D eigenvalue weighted by molar-refractivity contribution is -0.128. The molecule has 3 aromatic rings. The molecule has 3 rings (SSSR count). The molecule has 0 spiro atoms. The number of aromatic nitrogens is 1. The lowest BCUT2D eigenvalue weighted by Crippen LogP contribution is -2.21. The number of rotatable bonds is 6. The van der Waals surface area contributed by atoms with Crippen molar-refractivity contribution < 1.29 is 14.3 Å². The third-order valence-electron chi connectivity index (χ3n) is 4.40. The lowest BCUT2D eigenvalue weighted by atomic mass is 10.1. The minimum atomic E-state index is -0.584. The number of carbonyl (C=O) groups excluding carboxylic acids is 2. The Hall–Kier alpha value is -3.13. The van der Waals surface area contributed by atoms with Crippen molar-refractivity contribution in [1.82, 2.24) is 9.88 Å².